The van der Waals surface area contributed by atoms with Gasteiger partial charge in [0.1, 0.15) is 5.75 Å². The van der Waals surface area contributed by atoms with Gasteiger partial charge in [-0.3, -0.25) is 4.79 Å². The summed E-state index contributed by atoms with van der Waals surface area (Å²) in [6, 6.07) is 15.4. The van der Waals surface area contributed by atoms with Crippen molar-refractivity contribution in [1.29, 1.82) is 0 Å². The normalized spacial score (nSPS) is 10.8. The van der Waals surface area contributed by atoms with E-state index in [1.54, 1.807) is 24.2 Å². The number of hydrogen-bond donors (Lipinski definition) is 2. The van der Waals surface area contributed by atoms with Crippen LogP contribution in [0.5, 0.6) is 5.75 Å². The fraction of sp³-hybridized carbons (Fsp3) is 0.208. The van der Waals surface area contributed by atoms with Gasteiger partial charge in [0.25, 0.3) is 5.91 Å². The molecule has 0 fully saturated rings. The van der Waals surface area contributed by atoms with Crippen molar-refractivity contribution >= 4 is 34.2 Å². The second-order valence-electron chi connectivity index (χ2n) is 7.24. The lowest BCUT2D eigenvalue weighted by Crippen LogP contribution is -2.24. The molecule has 1 amide bonds. The standard InChI is InChI=1S/C24H24ClN5O2/c1-3-30-23-18(15-29-30)22(26-13-17-9-10-21(32-2)20(25)11-17)19(14-27-23)24(31)28-12-16-7-5-4-6-8-16/h4-11,14-15H,3,12-13H2,1-2H3,(H,26,27)(H,28,31). The van der Waals surface area contributed by atoms with E-state index < -0.39 is 0 Å². The number of ether oxygens (including phenoxy) is 1. The summed E-state index contributed by atoms with van der Waals surface area (Å²) < 4.78 is 7.03. The highest BCUT2D eigenvalue weighted by molar-refractivity contribution is 6.32. The molecule has 8 heteroatoms. The predicted molar refractivity (Wildman–Crippen MR) is 126 cm³/mol. The molecule has 0 aliphatic carbocycles. The highest BCUT2D eigenvalue weighted by Gasteiger charge is 2.18. The highest BCUT2D eigenvalue weighted by atomic mass is 35.5. The molecular weight excluding hydrogens is 426 g/mol. The third-order valence-corrected chi connectivity index (χ3v) is 5.49. The van der Waals surface area contributed by atoms with E-state index >= 15 is 0 Å². The molecule has 0 saturated heterocycles. The van der Waals surface area contributed by atoms with E-state index in [9.17, 15) is 4.79 Å². The van der Waals surface area contributed by atoms with Gasteiger partial charge in [-0.15, -0.1) is 0 Å². The second kappa shape index (κ2) is 9.70. The molecule has 4 aromatic rings. The summed E-state index contributed by atoms with van der Waals surface area (Å²) in [5.74, 6) is 0.412. The van der Waals surface area contributed by atoms with E-state index in [4.69, 9.17) is 16.3 Å². The Labute approximate surface area is 191 Å². The number of methoxy groups -OCH3 is 1. The molecule has 7 nitrogen and oxygen atoms in total. The van der Waals surface area contributed by atoms with Crippen LogP contribution < -0.4 is 15.4 Å². The fourth-order valence-corrected chi connectivity index (χ4v) is 3.78. The maximum absolute atomic E-state index is 13.1. The number of pyridine rings is 1. The van der Waals surface area contributed by atoms with Crippen LogP contribution in [0.1, 0.15) is 28.4 Å². The molecule has 0 saturated carbocycles. The lowest BCUT2D eigenvalue weighted by molar-refractivity contribution is 0.0951. The van der Waals surface area contributed by atoms with Gasteiger partial charge < -0.3 is 15.4 Å². The number of nitrogens with zero attached hydrogens (tertiary/aromatic N) is 3. The molecule has 2 N–H and O–H groups in total. The first-order valence-electron chi connectivity index (χ1n) is 10.3. The maximum atomic E-state index is 13.1. The number of aryl methyl sites for hydroxylation is 1. The van der Waals surface area contributed by atoms with Crippen molar-refractivity contribution in [2.45, 2.75) is 26.6 Å². The zero-order valence-corrected chi connectivity index (χ0v) is 18.7. The van der Waals surface area contributed by atoms with E-state index in [1.165, 1.54) is 0 Å². The lowest BCUT2D eigenvalue weighted by Gasteiger charge is -2.14. The molecule has 164 valence electrons. The maximum Gasteiger partial charge on any atom is 0.255 e. The van der Waals surface area contributed by atoms with Gasteiger partial charge in [0.05, 0.1) is 35.0 Å². The van der Waals surface area contributed by atoms with Crippen LogP contribution in [0.4, 0.5) is 5.69 Å². The van der Waals surface area contributed by atoms with Crippen LogP contribution in [0.3, 0.4) is 0 Å². The molecule has 0 unspecified atom stereocenters. The number of carbonyl (C=O) groups excluding carboxylic acids is 1. The molecule has 0 aliphatic rings. The number of carbonyl (C=O) groups is 1. The van der Waals surface area contributed by atoms with Crippen molar-refractivity contribution in [3.05, 3.63) is 82.6 Å². The van der Waals surface area contributed by atoms with Gasteiger partial charge in [-0.05, 0) is 30.2 Å². The summed E-state index contributed by atoms with van der Waals surface area (Å²) in [7, 11) is 1.58. The van der Waals surface area contributed by atoms with Crippen molar-refractivity contribution in [1.82, 2.24) is 20.1 Å². The van der Waals surface area contributed by atoms with Gasteiger partial charge in [0.2, 0.25) is 0 Å². The van der Waals surface area contributed by atoms with E-state index in [2.05, 4.69) is 20.7 Å². The topological polar surface area (TPSA) is 81.1 Å². The van der Waals surface area contributed by atoms with Crippen LogP contribution in [0, 0.1) is 0 Å². The van der Waals surface area contributed by atoms with Crippen molar-refractivity contribution in [2.75, 3.05) is 12.4 Å². The Morgan fingerprint density at radius 1 is 1.09 bits per heavy atom. The highest BCUT2D eigenvalue weighted by Crippen LogP contribution is 2.29. The minimum Gasteiger partial charge on any atom is -0.495 e. The zero-order valence-electron chi connectivity index (χ0n) is 17.9. The SMILES string of the molecule is CCn1ncc2c(NCc3ccc(OC)c(Cl)c3)c(C(=O)NCc3ccccc3)cnc21. The van der Waals surface area contributed by atoms with Gasteiger partial charge in [0.15, 0.2) is 5.65 Å². The number of rotatable bonds is 8. The second-order valence-corrected chi connectivity index (χ2v) is 7.64. The van der Waals surface area contributed by atoms with Crippen molar-refractivity contribution in [3.8, 4) is 5.75 Å². The van der Waals surface area contributed by atoms with Crippen LogP contribution in [0.25, 0.3) is 11.0 Å². The summed E-state index contributed by atoms with van der Waals surface area (Å²) in [6.45, 7) is 3.59. The molecule has 0 radical (unpaired) electrons. The first-order valence-corrected chi connectivity index (χ1v) is 10.7. The average molecular weight is 450 g/mol. The number of halogens is 1. The summed E-state index contributed by atoms with van der Waals surface area (Å²) >= 11 is 6.27. The number of fused-ring (bicyclic) bond motifs is 1. The largest absolute Gasteiger partial charge is 0.495 e. The Kier molecular flexibility index (Phi) is 6.56. The fourth-order valence-electron chi connectivity index (χ4n) is 3.50. The number of benzene rings is 2. The number of aromatic nitrogens is 3. The van der Waals surface area contributed by atoms with Crippen LogP contribution >= 0.6 is 11.6 Å². The van der Waals surface area contributed by atoms with E-state index in [-0.39, 0.29) is 5.91 Å². The average Bonchev–Trinajstić information content (AvgIpc) is 3.25. The van der Waals surface area contributed by atoms with E-state index in [0.717, 1.165) is 22.2 Å². The summed E-state index contributed by atoms with van der Waals surface area (Å²) in [6.07, 6.45) is 3.34. The van der Waals surface area contributed by atoms with Gasteiger partial charge in [-0.1, -0.05) is 48.0 Å². The summed E-state index contributed by atoms with van der Waals surface area (Å²) in [4.78, 5) is 17.6. The van der Waals surface area contributed by atoms with Crippen LogP contribution in [-0.4, -0.2) is 27.8 Å². The Morgan fingerprint density at radius 3 is 2.62 bits per heavy atom. The molecule has 2 heterocycles. The van der Waals surface area contributed by atoms with Gasteiger partial charge in [-0.25, -0.2) is 9.67 Å². The van der Waals surface area contributed by atoms with E-state index in [1.807, 2.05) is 55.5 Å². The van der Waals surface area contributed by atoms with Gasteiger partial charge in [-0.2, -0.15) is 5.10 Å². The molecule has 4 rings (SSSR count). The molecule has 2 aromatic carbocycles. The lowest BCUT2D eigenvalue weighted by atomic mass is 10.1. The number of hydrogen-bond acceptors (Lipinski definition) is 5. The first-order chi connectivity index (χ1) is 15.6. The smallest absolute Gasteiger partial charge is 0.255 e. The van der Waals surface area contributed by atoms with Crippen LogP contribution in [-0.2, 0) is 19.6 Å². The Hall–Kier alpha value is -3.58. The van der Waals surface area contributed by atoms with E-state index in [0.29, 0.717) is 41.7 Å². The zero-order chi connectivity index (χ0) is 22.5. The van der Waals surface area contributed by atoms with Gasteiger partial charge >= 0.3 is 0 Å². The molecule has 0 bridgehead atoms. The molecule has 0 atom stereocenters. The van der Waals surface area contributed by atoms with Gasteiger partial charge in [0, 0.05) is 25.8 Å². The minimum atomic E-state index is -0.206. The molecular formula is C24H24ClN5O2. The van der Waals surface area contributed by atoms with Crippen molar-refractivity contribution in [3.63, 3.8) is 0 Å². The molecule has 32 heavy (non-hydrogen) atoms. The number of amides is 1. The van der Waals surface area contributed by atoms with Crippen LogP contribution in [0.15, 0.2) is 60.9 Å². The predicted octanol–water partition coefficient (Wildman–Crippen LogP) is 4.66. The summed E-state index contributed by atoms with van der Waals surface area (Å²) in [5, 5.41) is 12.1. The molecule has 0 aliphatic heterocycles. The quantitative estimate of drug-likeness (QED) is 0.409. The Bertz CT molecular complexity index is 1240. The number of anilines is 1. The number of nitrogens with one attached hydrogen (secondary N) is 2. The third kappa shape index (κ3) is 4.53. The first kappa shape index (κ1) is 21.6. The Morgan fingerprint density at radius 2 is 1.91 bits per heavy atom. The minimum absolute atomic E-state index is 0.206. The van der Waals surface area contributed by atoms with Crippen molar-refractivity contribution < 1.29 is 9.53 Å². The van der Waals surface area contributed by atoms with Crippen LogP contribution in [0.2, 0.25) is 5.02 Å². The Balaban J connectivity index is 1.62. The molecule has 2 aromatic heterocycles. The molecule has 0 spiro atoms. The van der Waals surface area contributed by atoms with Crippen molar-refractivity contribution in [2.24, 2.45) is 0 Å². The third-order valence-electron chi connectivity index (χ3n) is 5.19. The summed E-state index contributed by atoms with van der Waals surface area (Å²) in [5.41, 5.74) is 3.86. The monoisotopic (exact) mass is 449 g/mol.